The number of nitrogen functional groups attached to an aromatic ring is 1. The van der Waals surface area contributed by atoms with Crippen molar-refractivity contribution in [2.75, 3.05) is 46.4 Å². The van der Waals surface area contributed by atoms with Crippen LogP contribution in [-0.2, 0) is 9.47 Å². The number of anilines is 1. The fraction of sp³-hybridized carbons (Fsp3) is 0.500. The maximum Gasteiger partial charge on any atom is 0.167 e. The van der Waals surface area contributed by atoms with Gasteiger partial charge in [0.15, 0.2) is 11.6 Å². The van der Waals surface area contributed by atoms with Crippen LogP contribution in [0.4, 0.5) is 10.1 Å². The zero-order chi connectivity index (χ0) is 13.4. The molecule has 0 heterocycles. The fourth-order valence-corrected chi connectivity index (χ4v) is 1.29. The zero-order valence-corrected chi connectivity index (χ0v) is 10.6. The van der Waals surface area contributed by atoms with E-state index in [2.05, 4.69) is 0 Å². The molecule has 0 aliphatic carbocycles. The van der Waals surface area contributed by atoms with Gasteiger partial charge in [-0.05, 0) is 0 Å². The molecule has 1 aromatic carbocycles. The van der Waals surface area contributed by atoms with Crippen molar-refractivity contribution in [2.24, 2.45) is 0 Å². The quantitative estimate of drug-likeness (QED) is 0.565. The van der Waals surface area contributed by atoms with Crippen molar-refractivity contribution in [2.45, 2.75) is 0 Å². The molecule has 0 unspecified atom stereocenters. The number of halogens is 1. The van der Waals surface area contributed by atoms with Crippen LogP contribution in [0.5, 0.6) is 11.5 Å². The Bertz CT molecular complexity index is 373. The molecule has 6 heteroatoms. The van der Waals surface area contributed by atoms with Crippen LogP contribution in [-0.4, -0.2) is 40.6 Å². The predicted molar refractivity (Wildman–Crippen MR) is 65.6 cm³/mol. The minimum atomic E-state index is -0.515. The Morgan fingerprint density at radius 3 is 2.44 bits per heavy atom. The SMILES string of the molecule is COCCOCCOc1cc(OC)c(F)cc1N. The molecule has 2 N–H and O–H groups in total. The summed E-state index contributed by atoms with van der Waals surface area (Å²) in [6.45, 7) is 1.76. The predicted octanol–water partition coefficient (Wildman–Crippen LogP) is 1.46. The summed E-state index contributed by atoms with van der Waals surface area (Å²) in [5.74, 6) is -0.0400. The van der Waals surface area contributed by atoms with Gasteiger partial charge in [-0.15, -0.1) is 0 Å². The Labute approximate surface area is 106 Å². The van der Waals surface area contributed by atoms with Gasteiger partial charge in [0.25, 0.3) is 0 Å². The molecule has 1 rings (SSSR count). The van der Waals surface area contributed by atoms with E-state index in [1.165, 1.54) is 19.2 Å². The van der Waals surface area contributed by atoms with Crippen molar-refractivity contribution in [3.05, 3.63) is 17.9 Å². The first-order chi connectivity index (χ1) is 8.69. The van der Waals surface area contributed by atoms with E-state index in [-0.39, 0.29) is 11.4 Å². The standard InChI is InChI=1S/C12H18FNO4/c1-15-3-4-17-5-6-18-12-8-11(16-2)9(13)7-10(12)14/h7-8H,3-6,14H2,1-2H3. The maximum atomic E-state index is 13.3. The summed E-state index contributed by atoms with van der Waals surface area (Å²) in [4.78, 5) is 0. The lowest BCUT2D eigenvalue weighted by atomic mass is 10.2. The van der Waals surface area contributed by atoms with Crippen LogP contribution in [0, 0.1) is 5.82 Å². The van der Waals surface area contributed by atoms with Crippen LogP contribution in [0.2, 0.25) is 0 Å². The molecule has 0 aliphatic rings. The monoisotopic (exact) mass is 259 g/mol. The minimum absolute atomic E-state index is 0.0968. The van der Waals surface area contributed by atoms with E-state index in [1.807, 2.05) is 0 Å². The van der Waals surface area contributed by atoms with Gasteiger partial charge in [0.2, 0.25) is 0 Å². The van der Waals surface area contributed by atoms with Crippen molar-refractivity contribution < 1.29 is 23.3 Å². The highest BCUT2D eigenvalue weighted by molar-refractivity contribution is 5.56. The molecule has 0 radical (unpaired) electrons. The first kappa shape index (κ1) is 14.5. The fourth-order valence-electron chi connectivity index (χ4n) is 1.29. The molecule has 0 saturated heterocycles. The van der Waals surface area contributed by atoms with E-state index in [4.69, 9.17) is 24.7 Å². The number of benzene rings is 1. The van der Waals surface area contributed by atoms with Crippen LogP contribution in [0.15, 0.2) is 12.1 Å². The summed E-state index contributed by atoms with van der Waals surface area (Å²) in [6, 6.07) is 2.58. The molecule has 0 aromatic heterocycles. The van der Waals surface area contributed by atoms with Gasteiger partial charge in [-0.1, -0.05) is 0 Å². The molecule has 0 saturated carbocycles. The summed E-state index contributed by atoms with van der Waals surface area (Å²) in [7, 11) is 2.98. The van der Waals surface area contributed by atoms with Gasteiger partial charge < -0.3 is 24.7 Å². The Balaban J connectivity index is 2.42. The van der Waals surface area contributed by atoms with E-state index < -0.39 is 5.82 Å². The largest absolute Gasteiger partial charge is 0.494 e. The lowest BCUT2D eigenvalue weighted by Gasteiger charge is -2.11. The lowest BCUT2D eigenvalue weighted by molar-refractivity contribution is 0.0545. The second kappa shape index (κ2) is 7.73. The Hall–Kier alpha value is -1.53. The van der Waals surface area contributed by atoms with Crippen LogP contribution in [0.25, 0.3) is 0 Å². The van der Waals surface area contributed by atoms with Crippen LogP contribution >= 0.6 is 0 Å². The van der Waals surface area contributed by atoms with E-state index in [1.54, 1.807) is 7.11 Å². The van der Waals surface area contributed by atoms with Gasteiger partial charge in [0, 0.05) is 19.2 Å². The number of hydrogen-bond acceptors (Lipinski definition) is 5. The van der Waals surface area contributed by atoms with E-state index in [9.17, 15) is 4.39 Å². The average Bonchev–Trinajstić information content (AvgIpc) is 2.36. The Morgan fingerprint density at radius 2 is 1.78 bits per heavy atom. The number of hydrogen-bond donors (Lipinski definition) is 1. The van der Waals surface area contributed by atoms with Crippen molar-refractivity contribution in [1.82, 2.24) is 0 Å². The maximum absolute atomic E-state index is 13.3. The van der Waals surface area contributed by atoms with Gasteiger partial charge in [0.05, 0.1) is 32.6 Å². The summed E-state index contributed by atoms with van der Waals surface area (Å²) < 4.78 is 33.5. The van der Waals surface area contributed by atoms with Crippen LogP contribution in [0.3, 0.4) is 0 Å². The van der Waals surface area contributed by atoms with Crippen molar-refractivity contribution in [3.63, 3.8) is 0 Å². The topological polar surface area (TPSA) is 62.9 Å². The highest BCUT2D eigenvalue weighted by atomic mass is 19.1. The van der Waals surface area contributed by atoms with E-state index >= 15 is 0 Å². The zero-order valence-electron chi connectivity index (χ0n) is 10.6. The van der Waals surface area contributed by atoms with Gasteiger partial charge in [0.1, 0.15) is 12.4 Å². The molecule has 0 bridgehead atoms. The first-order valence-electron chi connectivity index (χ1n) is 5.51. The smallest absolute Gasteiger partial charge is 0.167 e. The summed E-state index contributed by atoms with van der Waals surface area (Å²) >= 11 is 0. The van der Waals surface area contributed by atoms with Gasteiger partial charge >= 0.3 is 0 Å². The lowest BCUT2D eigenvalue weighted by Crippen LogP contribution is -2.11. The van der Waals surface area contributed by atoms with Crippen molar-refractivity contribution in [1.29, 1.82) is 0 Å². The number of methoxy groups -OCH3 is 2. The third-order valence-corrected chi connectivity index (χ3v) is 2.20. The van der Waals surface area contributed by atoms with Crippen molar-refractivity contribution in [3.8, 4) is 11.5 Å². The van der Waals surface area contributed by atoms with Crippen LogP contribution in [0.1, 0.15) is 0 Å². The number of rotatable bonds is 8. The molecular formula is C12H18FNO4. The minimum Gasteiger partial charge on any atom is -0.494 e. The van der Waals surface area contributed by atoms with Gasteiger partial charge in [-0.2, -0.15) is 0 Å². The van der Waals surface area contributed by atoms with E-state index in [0.29, 0.717) is 32.2 Å². The van der Waals surface area contributed by atoms with Crippen molar-refractivity contribution >= 4 is 5.69 Å². The van der Waals surface area contributed by atoms with Gasteiger partial charge in [-0.3, -0.25) is 0 Å². The highest BCUT2D eigenvalue weighted by Gasteiger charge is 2.09. The number of nitrogens with two attached hydrogens (primary N) is 1. The summed E-state index contributed by atoms with van der Waals surface area (Å²) in [5, 5.41) is 0. The molecule has 0 atom stereocenters. The molecule has 18 heavy (non-hydrogen) atoms. The Morgan fingerprint density at radius 1 is 1.06 bits per heavy atom. The summed E-state index contributed by atoms with van der Waals surface area (Å²) in [5.41, 5.74) is 5.85. The Kier molecular flexibility index (Phi) is 6.24. The van der Waals surface area contributed by atoms with Crippen LogP contribution < -0.4 is 15.2 Å². The third kappa shape index (κ3) is 4.38. The highest BCUT2D eigenvalue weighted by Crippen LogP contribution is 2.29. The molecule has 5 nitrogen and oxygen atoms in total. The molecule has 1 aromatic rings. The second-order valence-corrected chi connectivity index (χ2v) is 3.48. The second-order valence-electron chi connectivity index (χ2n) is 3.48. The molecule has 0 spiro atoms. The molecule has 0 aliphatic heterocycles. The normalized spacial score (nSPS) is 10.4. The first-order valence-corrected chi connectivity index (χ1v) is 5.51. The van der Waals surface area contributed by atoms with Gasteiger partial charge in [-0.25, -0.2) is 4.39 Å². The molecule has 0 fully saturated rings. The molecular weight excluding hydrogens is 241 g/mol. The van der Waals surface area contributed by atoms with E-state index in [0.717, 1.165) is 0 Å². The number of ether oxygens (including phenoxy) is 4. The molecule has 102 valence electrons. The average molecular weight is 259 g/mol. The third-order valence-electron chi connectivity index (χ3n) is 2.20. The summed E-state index contributed by atoms with van der Waals surface area (Å²) in [6.07, 6.45) is 0. The molecule has 0 amide bonds.